The fraction of sp³-hybridized carbons (Fsp3) is 0.364. The Morgan fingerprint density at radius 3 is 2.41 bits per heavy atom. The number of likely N-dealkylation sites (tertiary alicyclic amines) is 1. The number of amides is 2. The number of anilines is 1. The third-order valence-electron chi connectivity index (χ3n) is 5.72. The Morgan fingerprint density at radius 2 is 1.76 bits per heavy atom. The summed E-state index contributed by atoms with van der Waals surface area (Å²) in [6, 6.07) is 10.8. The number of nitrogens with zero attached hydrogens (tertiary/aromatic N) is 2. The molecule has 2 unspecified atom stereocenters. The molecule has 2 saturated heterocycles. The lowest BCUT2D eigenvalue weighted by Gasteiger charge is -2.21. The molecule has 5 nitrogen and oxygen atoms in total. The van der Waals surface area contributed by atoms with Crippen LogP contribution in [-0.4, -0.2) is 43.5 Å². The van der Waals surface area contributed by atoms with Crippen molar-refractivity contribution in [3.8, 4) is 5.75 Å². The zero-order chi connectivity index (χ0) is 20.5. The van der Waals surface area contributed by atoms with Gasteiger partial charge in [-0.05, 0) is 36.2 Å². The van der Waals surface area contributed by atoms with E-state index in [1.54, 1.807) is 12.0 Å². The number of carbonyl (C=O) groups excluding carboxylic acids is 2. The molecule has 2 amide bonds. The lowest BCUT2D eigenvalue weighted by Crippen LogP contribution is -2.35. The maximum Gasteiger partial charge on any atom is 0.228 e. The average molecular weight is 400 g/mol. The van der Waals surface area contributed by atoms with Crippen molar-refractivity contribution in [2.45, 2.75) is 18.8 Å². The lowest BCUT2D eigenvalue weighted by atomic mass is 9.98. The molecule has 29 heavy (non-hydrogen) atoms. The third kappa shape index (κ3) is 3.95. The van der Waals surface area contributed by atoms with Gasteiger partial charge in [-0.15, -0.1) is 0 Å². The fourth-order valence-corrected chi connectivity index (χ4v) is 4.18. The van der Waals surface area contributed by atoms with Crippen LogP contribution >= 0.6 is 0 Å². The second-order valence-corrected chi connectivity index (χ2v) is 7.58. The van der Waals surface area contributed by atoms with E-state index in [1.165, 1.54) is 4.90 Å². The Labute approximate surface area is 167 Å². The first-order chi connectivity index (χ1) is 13.9. The van der Waals surface area contributed by atoms with Crippen LogP contribution in [-0.2, 0) is 9.59 Å². The van der Waals surface area contributed by atoms with E-state index in [9.17, 15) is 18.4 Å². The van der Waals surface area contributed by atoms with E-state index in [1.807, 2.05) is 24.3 Å². The standard InChI is InChI=1S/C22H22F2N2O3/c1-29-20-4-2-14(3-5-20)15-6-7-25(12-15)22(28)16-8-21(27)26(13-16)19-10-17(23)9-18(24)11-19/h2-5,9-11,15-16H,6-8,12-13H2,1H3. The number of ether oxygens (including phenoxy) is 1. The minimum absolute atomic E-state index is 0.0562. The predicted octanol–water partition coefficient (Wildman–Crippen LogP) is 3.34. The SMILES string of the molecule is COc1ccc(C2CCN(C(=O)C3CC(=O)N(c4cc(F)cc(F)c4)C3)C2)cc1. The number of methoxy groups -OCH3 is 1. The van der Waals surface area contributed by atoms with E-state index < -0.39 is 17.6 Å². The minimum Gasteiger partial charge on any atom is -0.497 e. The number of hydrogen-bond acceptors (Lipinski definition) is 3. The van der Waals surface area contributed by atoms with E-state index in [0.29, 0.717) is 13.1 Å². The van der Waals surface area contributed by atoms with Crippen molar-refractivity contribution in [3.63, 3.8) is 0 Å². The van der Waals surface area contributed by atoms with Gasteiger partial charge in [0.2, 0.25) is 11.8 Å². The summed E-state index contributed by atoms with van der Waals surface area (Å²) >= 11 is 0. The molecule has 2 atom stereocenters. The van der Waals surface area contributed by atoms with Crippen LogP contribution < -0.4 is 9.64 Å². The normalized spacial score (nSPS) is 21.7. The Hall–Kier alpha value is -2.96. The molecular weight excluding hydrogens is 378 g/mol. The molecule has 2 aromatic rings. The highest BCUT2D eigenvalue weighted by molar-refractivity contribution is 6.00. The van der Waals surface area contributed by atoms with Crippen LogP contribution in [0, 0.1) is 17.6 Å². The monoisotopic (exact) mass is 400 g/mol. The van der Waals surface area contributed by atoms with E-state index in [2.05, 4.69) is 0 Å². The highest BCUT2D eigenvalue weighted by atomic mass is 19.1. The van der Waals surface area contributed by atoms with Crippen LogP contribution in [0.3, 0.4) is 0 Å². The molecule has 2 aromatic carbocycles. The third-order valence-corrected chi connectivity index (χ3v) is 5.72. The number of rotatable bonds is 4. The average Bonchev–Trinajstić information content (AvgIpc) is 3.34. The van der Waals surface area contributed by atoms with Gasteiger partial charge in [0, 0.05) is 43.7 Å². The second-order valence-electron chi connectivity index (χ2n) is 7.58. The second kappa shape index (κ2) is 7.81. The number of benzene rings is 2. The van der Waals surface area contributed by atoms with Gasteiger partial charge in [-0.1, -0.05) is 12.1 Å². The van der Waals surface area contributed by atoms with Crippen molar-refractivity contribution >= 4 is 17.5 Å². The van der Waals surface area contributed by atoms with Crippen molar-refractivity contribution in [2.75, 3.05) is 31.6 Å². The highest BCUT2D eigenvalue weighted by Crippen LogP contribution is 2.32. The minimum atomic E-state index is -0.746. The van der Waals surface area contributed by atoms with E-state index in [4.69, 9.17) is 4.74 Å². The molecule has 4 rings (SSSR count). The van der Waals surface area contributed by atoms with Gasteiger partial charge >= 0.3 is 0 Å². The molecule has 2 aliphatic heterocycles. The van der Waals surface area contributed by atoms with Gasteiger partial charge in [0.15, 0.2) is 0 Å². The van der Waals surface area contributed by atoms with Crippen LogP contribution in [0.5, 0.6) is 5.75 Å². The molecule has 0 aromatic heterocycles. The summed E-state index contributed by atoms with van der Waals surface area (Å²) in [5.74, 6) is -1.32. The Bertz CT molecular complexity index is 912. The molecule has 0 N–H and O–H groups in total. The largest absolute Gasteiger partial charge is 0.497 e. The quantitative estimate of drug-likeness (QED) is 0.791. The molecule has 152 valence electrons. The summed E-state index contributed by atoms with van der Waals surface area (Å²) in [6.45, 7) is 1.38. The fourth-order valence-electron chi connectivity index (χ4n) is 4.18. The number of carbonyl (C=O) groups is 2. The summed E-state index contributed by atoms with van der Waals surface area (Å²) in [5.41, 5.74) is 1.31. The van der Waals surface area contributed by atoms with Crippen LogP contribution in [0.2, 0.25) is 0 Å². The molecular formula is C22H22F2N2O3. The summed E-state index contributed by atoms with van der Waals surface area (Å²) in [4.78, 5) is 28.4. The first kappa shape index (κ1) is 19.4. The molecule has 7 heteroatoms. The lowest BCUT2D eigenvalue weighted by molar-refractivity contribution is -0.134. The van der Waals surface area contributed by atoms with Crippen LogP contribution in [0.1, 0.15) is 24.3 Å². The molecule has 2 aliphatic rings. The van der Waals surface area contributed by atoms with Crippen molar-refractivity contribution in [2.24, 2.45) is 5.92 Å². The zero-order valence-corrected chi connectivity index (χ0v) is 16.1. The maximum absolute atomic E-state index is 13.5. The molecule has 0 aliphatic carbocycles. The molecule has 0 saturated carbocycles. The maximum atomic E-state index is 13.5. The van der Waals surface area contributed by atoms with Gasteiger partial charge in [-0.3, -0.25) is 9.59 Å². The van der Waals surface area contributed by atoms with Gasteiger partial charge in [0.25, 0.3) is 0 Å². The van der Waals surface area contributed by atoms with Gasteiger partial charge in [0.05, 0.1) is 13.0 Å². The van der Waals surface area contributed by atoms with Gasteiger partial charge < -0.3 is 14.5 Å². The Kier molecular flexibility index (Phi) is 5.22. The van der Waals surface area contributed by atoms with Gasteiger partial charge in [-0.25, -0.2) is 8.78 Å². The first-order valence-electron chi connectivity index (χ1n) is 9.64. The molecule has 0 spiro atoms. The Balaban J connectivity index is 1.41. The highest BCUT2D eigenvalue weighted by Gasteiger charge is 2.39. The van der Waals surface area contributed by atoms with Crippen molar-refractivity contribution in [1.29, 1.82) is 0 Å². The van der Waals surface area contributed by atoms with E-state index in [0.717, 1.165) is 35.9 Å². The smallest absolute Gasteiger partial charge is 0.228 e. The number of halogens is 2. The predicted molar refractivity (Wildman–Crippen MR) is 104 cm³/mol. The van der Waals surface area contributed by atoms with Gasteiger partial charge in [0.1, 0.15) is 17.4 Å². The first-order valence-corrected chi connectivity index (χ1v) is 9.64. The number of hydrogen-bond donors (Lipinski definition) is 0. The topological polar surface area (TPSA) is 49.9 Å². The van der Waals surface area contributed by atoms with E-state index in [-0.39, 0.29) is 36.4 Å². The summed E-state index contributed by atoms with van der Waals surface area (Å²) in [6.07, 6.45) is 0.915. The van der Waals surface area contributed by atoms with Crippen molar-refractivity contribution in [1.82, 2.24) is 4.90 Å². The molecule has 2 fully saturated rings. The van der Waals surface area contributed by atoms with Crippen molar-refractivity contribution < 1.29 is 23.1 Å². The Morgan fingerprint density at radius 1 is 1.07 bits per heavy atom. The van der Waals surface area contributed by atoms with Crippen LogP contribution in [0.25, 0.3) is 0 Å². The summed E-state index contributed by atoms with van der Waals surface area (Å²) in [7, 11) is 1.62. The summed E-state index contributed by atoms with van der Waals surface area (Å²) in [5, 5.41) is 0. The van der Waals surface area contributed by atoms with Crippen LogP contribution in [0.15, 0.2) is 42.5 Å². The molecule has 0 bridgehead atoms. The summed E-state index contributed by atoms with van der Waals surface area (Å²) < 4.78 is 32.2. The zero-order valence-electron chi connectivity index (χ0n) is 16.1. The van der Waals surface area contributed by atoms with Crippen molar-refractivity contribution in [3.05, 3.63) is 59.7 Å². The van der Waals surface area contributed by atoms with Gasteiger partial charge in [-0.2, -0.15) is 0 Å². The molecule has 2 heterocycles. The molecule has 0 radical (unpaired) electrons. The van der Waals surface area contributed by atoms with E-state index >= 15 is 0 Å². The van der Waals surface area contributed by atoms with Crippen LogP contribution in [0.4, 0.5) is 14.5 Å².